The maximum atomic E-state index is 12.7. The summed E-state index contributed by atoms with van der Waals surface area (Å²) in [5, 5.41) is 3.16. The molecule has 0 radical (unpaired) electrons. The molecule has 0 saturated carbocycles. The first kappa shape index (κ1) is 15.7. The number of amides is 1. The minimum atomic E-state index is -0.395. The molecule has 3 rings (SSSR count). The van der Waals surface area contributed by atoms with E-state index in [0.29, 0.717) is 41.7 Å². The van der Waals surface area contributed by atoms with Crippen molar-refractivity contribution in [2.75, 3.05) is 13.2 Å². The first-order valence-corrected chi connectivity index (χ1v) is 7.69. The van der Waals surface area contributed by atoms with Gasteiger partial charge in [-0.05, 0) is 26.8 Å². The zero-order valence-electron chi connectivity index (χ0n) is 13.2. The van der Waals surface area contributed by atoms with Crippen LogP contribution in [-0.4, -0.2) is 34.6 Å². The maximum absolute atomic E-state index is 12.7. The zero-order valence-corrected chi connectivity index (χ0v) is 14.0. The van der Waals surface area contributed by atoms with Gasteiger partial charge >= 0.3 is 0 Å². The lowest BCUT2D eigenvalue weighted by Crippen LogP contribution is -2.41. The van der Waals surface area contributed by atoms with Crippen LogP contribution < -0.4 is 14.8 Å². The molecule has 0 saturated heterocycles. The van der Waals surface area contributed by atoms with E-state index in [1.54, 1.807) is 18.5 Å². The molecule has 0 bridgehead atoms. The minimum Gasteiger partial charge on any atom is -0.486 e. The molecule has 2 heterocycles. The summed E-state index contributed by atoms with van der Waals surface area (Å²) in [6, 6.07) is 1.73. The highest BCUT2D eigenvalue weighted by molar-refractivity contribution is 6.36. The smallest absolute Gasteiger partial charge is 0.254 e. The number of imidazole rings is 1. The van der Waals surface area contributed by atoms with Crippen molar-refractivity contribution in [1.29, 1.82) is 0 Å². The molecule has 6 nitrogen and oxygen atoms in total. The molecule has 1 aromatic carbocycles. The largest absolute Gasteiger partial charge is 0.486 e. The highest BCUT2D eigenvalue weighted by Crippen LogP contribution is 2.44. The second kappa shape index (κ2) is 5.77. The molecule has 1 amide bonds. The minimum absolute atomic E-state index is 0.232. The Labute approximate surface area is 139 Å². The normalized spacial score (nSPS) is 13.7. The van der Waals surface area contributed by atoms with Crippen molar-refractivity contribution < 1.29 is 14.3 Å². The average molecular weight is 336 g/mol. The average Bonchev–Trinajstić information content (AvgIpc) is 2.99. The lowest BCUT2D eigenvalue weighted by atomic mass is 10.0. The van der Waals surface area contributed by atoms with Crippen LogP contribution in [0.1, 0.15) is 31.1 Å². The number of nitrogens with one attached hydrogen (secondary N) is 2. The van der Waals surface area contributed by atoms with Crippen molar-refractivity contribution in [3.8, 4) is 22.9 Å². The van der Waals surface area contributed by atoms with E-state index in [9.17, 15) is 4.79 Å². The number of rotatable bonds is 2. The molecule has 1 aromatic heterocycles. The third kappa shape index (κ3) is 3.12. The number of ether oxygens (including phenoxy) is 2. The number of benzene rings is 1. The predicted molar refractivity (Wildman–Crippen MR) is 87.2 cm³/mol. The molecule has 1 aliphatic heterocycles. The van der Waals surface area contributed by atoms with E-state index in [1.807, 2.05) is 20.8 Å². The molecule has 23 heavy (non-hydrogen) atoms. The first-order chi connectivity index (χ1) is 10.9. The highest BCUT2D eigenvalue weighted by atomic mass is 35.5. The molecule has 0 spiro atoms. The van der Waals surface area contributed by atoms with Crippen LogP contribution in [0.15, 0.2) is 18.5 Å². The van der Waals surface area contributed by atoms with E-state index in [4.69, 9.17) is 21.1 Å². The summed E-state index contributed by atoms with van der Waals surface area (Å²) in [4.78, 5) is 20.0. The number of hydrogen-bond acceptors (Lipinski definition) is 4. The SMILES string of the molecule is CC(C)(C)NC(=O)c1c(-c2ncc[nH]2)cc2c(c1Cl)OCCO2. The number of H-pyrrole nitrogens is 1. The predicted octanol–water partition coefficient (Wildman–Crippen LogP) is 3.03. The third-order valence-corrected chi connectivity index (χ3v) is 3.60. The summed E-state index contributed by atoms with van der Waals surface area (Å²) in [7, 11) is 0. The zero-order chi connectivity index (χ0) is 16.6. The molecule has 7 heteroatoms. The van der Waals surface area contributed by atoms with Gasteiger partial charge in [-0.2, -0.15) is 0 Å². The summed E-state index contributed by atoms with van der Waals surface area (Å²) in [5.41, 5.74) is 0.500. The Hall–Kier alpha value is -2.21. The summed E-state index contributed by atoms with van der Waals surface area (Å²) >= 11 is 6.47. The van der Waals surface area contributed by atoms with Crippen LogP contribution in [0.25, 0.3) is 11.4 Å². The maximum Gasteiger partial charge on any atom is 0.254 e. The third-order valence-electron chi connectivity index (χ3n) is 3.24. The van der Waals surface area contributed by atoms with Crippen LogP contribution in [-0.2, 0) is 0 Å². The molecule has 2 N–H and O–H groups in total. The van der Waals surface area contributed by atoms with Gasteiger partial charge in [-0.25, -0.2) is 4.98 Å². The van der Waals surface area contributed by atoms with E-state index < -0.39 is 5.54 Å². The Morgan fingerprint density at radius 3 is 2.74 bits per heavy atom. The monoisotopic (exact) mass is 335 g/mol. The molecule has 0 fully saturated rings. The summed E-state index contributed by atoms with van der Waals surface area (Å²) in [6.07, 6.45) is 3.30. The molecular formula is C16H18ClN3O3. The van der Waals surface area contributed by atoms with Crippen molar-refractivity contribution >= 4 is 17.5 Å². The van der Waals surface area contributed by atoms with E-state index in [1.165, 1.54) is 0 Å². The number of fused-ring (bicyclic) bond motifs is 1. The van der Waals surface area contributed by atoms with Gasteiger partial charge < -0.3 is 19.8 Å². The lowest BCUT2D eigenvalue weighted by Gasteiger charge is -2.25. The Bertz CT molecular complexity index is 736. The summed E-state index contributed by atoms with van der Waals surface area (Å²) < 4.78 is 11.2. The molecule has 1 aliphatic rings. The molecule has 0 atom stereocenters. The van der Waals surface area contributed by atoms with Crippen LogP contribution in [0.2, 0.25) is 5.02 Å². The molecule has 0 aliphatic carbocycles. The number of aromatic amines is 1. The Balaban J connectivity index is 2.17. The number of aromatic nitrogens is 2. The van der Waals surface area contributed by atoms with Crippen LogP contribution >= 0.6 is 11.6 Å². The van der Waals surface area contributed by atoms with Gasteiger partial charge in [-0.1, -0.05) is 11.6 Å². The number of halogens is 1. The van der Waals surface area contributed by atoms with E-state index >= 15 is 0 Å². The fourth-order valence-electron chi connectivity index (χ4n) is 2.37. The van der Waals surface area contributed by atoms with E-state index in [-0.39, 0.29) is 10.9 Å². The van der Waals surface area contributed by atoms with Crippen LogP contribution in [0.3, 0.4) is 0 Å². The lowest BCUT2D eigenvalue weighted by molar-refractivity contribution is 0.0919. The van der Waals surface area contributed by atoms with Gasteiger partial charge in [0.15, 0.2) is 11.5 Å². The number of carbonyl (C=O) groups excluding carboxylic acids is 1. The summed E-state index contributed by atoms with van der Waals surface area (Å²) in [6.45, 7) is 6.55. The van der Waals surface area contributed by atoms with Crippen LogP contribution in [0.5, 0.6) is 11.5 Å². The Kier molecular flexibility index (Phi) is 3.93. The Morgan fingerprint density at radius 1 is 1.35 bits per heavy atom. The van der Waals surface area contributed by atoms with Gasteiger partial charge in [0.25, 0.3) is 5.91 Å². The van der Waals surface area contributed by atoms with Crippen LogP contribution in [0.4, 0.5) is 0 Å². The van der Waals surface area contributed by atoms with Gasteiger partial charge in [0.1, 0.15) is 19.0 Å². The second-order valence-corrected chi connectivity index (χ2v) is 6.66. The van der Waals surface area contributed by atoms with Gasteiger partial charge in [0, 0.05) is 23.5 Å². The Morgan fingerprint density at radius 2 is 2.09 bits per heavy atom. The number of hydrogen-bond donors (Lipinski definition) is 2. The molecular weight excluding hydrogens is 318 g/mol. The van der Waals surface area contributed by atoms with E-state index in [2.05, 4.69) is 15.3 Å². The number of carbonyl (C=O) groups is 1. The van der Waals surface area contributed by atoms with Gasteiger partial charge in [0.2, 0.25) is 0 Å². The fraction of sp³-hybridized carbons (Fsp3) is 0.375. The first-order valence-electron chi connectivity index (χ1n) is 7.31. The quantitative estimate of drug-likeness (QED) is 0.884. The molecule has 2 aromatic rings. The standard InChI is InChI=1S/C16H18ClN3O3/c1-16(2,3)20-15(21)11-9(14-18-4-5-19-14)8-10-13(12(11)17)23-7-6-22-10/h4-5,8H,6-7H2,1-3H3,(H,18,19)(H,20,21). The summed E-state index contributed by atoms with van der Waals surface area (Å²) in [5.74, 6) is 1.17. The molecule has 0 unspecified atom stereocenters. The van der Waals surface area contributed by atoms with E-state index in [0.717, 1.165) is 0 Å². The van der Waals surface area contributed by atoms with Gasteiger partial charge in [0.05, 0.1) is 10.6 Å². The van der Waals surface area contributed by atoms with Gasteiger partial charge in [-0.3, -0.25) is 4.79 Å². The van der Waals surface area contributed by atoms with Crippen molar-refractivity contribution in [2.24, 2.45) is 0 Å². The highest BCUT2D eigenvalue weighted by Gasteiger charge is 2.28. The topological polar surface area (TPSA) is 76.2 Å². The second-order valence-electron chi connectivity index (χ2n) is 6.28. The number of nitrogens with zero attached hydrogens (tertiary/aromatic N) is 1. The van der Waals surface area contributed by atoms with Gasteiger partial charge in [-0.15, -0.1) is 0 Å². The van der Waals surface area contributed by atoms with Crippen molar-refractivity contribution in [3.05, 3.63) is 29.0 Å². The van der Waals surface area contributed by atoms with Crippen molar-refractivity contribution in [2.45, 2.75) is 26.3 Å². The van der Waals surface area contributed by atoms with Crippen molar-refractivity contribution in [1.82, 2.24) is 15.3 Å². The molecule has 122 valence electrons. The fourth-order valence-corrected chi connectivity index (χ4v) is 2.71. The van der Waals surface area contributed by atoms with Crippen LogP contribution in [0, 0.1) is 0 Å². The van der Waals surface area contributed by atoms with Crippen molar-refractivity contribution in [3.63, 3.8) is 0 Å².